The summed E-state index contributed by atoms with van der Waals surface area (Å²) in [5.74, 6) is 0.387. The lowest BCUT2D eigenvalue weighted by atomic mass is 10.3. The highest BCUT2D eigenvalue weighted by Gasteiger charge is 2.15. The van der Waals surface area contributed by atoms with Crippen LogP contribution < -0.4 is 10.5 Å². The molecule has 2 heterocycles. The average molecular weight is 304 g/mol. The second-order valence-corrected chi connectivity index (χ2v) is 4.50. The third-order valence-electron chi connectivity index (χ3n) is 2.77. The topological polar surface area (TPSA) is 95.9 Å². The lowest BCUT2D eigenvalue weighted by Gasteiger charge is -2.06. The first-order valence-corrected chi connectivity index (χ1v) is 6.40. The van der Waals surface area contributed by atoms with Crippen LogP contribution in [0, 0.1) is 0 Å². The fraction of sp³-hybridized carbons (Fsp3) is 0.0769. The minimum atomic E-state index is -0.337. The first kappa shape index (κ1) is 13.3. The molecule has 0 radical (unpaired) electrons. The van der Waals surface area contributed by atoms with Crippen LogP contribution in [0.4, 0.5) is 5.82 Å². The first-order chi connectivity index (χ1) is 10.1. The van der Waals surface area contributed by atoms with Gasteiger partial charge < -0.3 is 10.5 Å². The second kappa shape index (κ2) is 5.37. The third kappa shape index (κ3) is 2.63. The maximum absolute atomic E-state index is 12.2. The molecule has 2 aromatic heterocycles. The Balaban J connectivity index is 1.85. The van der Waals surface area contributed by atoms with Gasteiger partial charge in [0.25, 0.3) is 5.91 Å². The van der Waals surface area contributed by atoms with Crippen molar-refractivity contribution in [2.45, 2.75) is 0 Å². The predicted octanol–water partition coefficient (Wildman–Crippen LogP) is 1.78. The summed E-state index contributed by atoms with van der Waals surface area (Å²) in [7, 11) is 0. The number of para-hydroxylation sites is 1. The summed E-state index contributed by atoms with van der Waals surface area (Å²) in [4.78, 5) is 23.9. The maximum Gasteiger partial charge on any atom is 0.271 e. The van der Waals surface area contributed by atoms with Gasteiger partial charge in [-0.2, -0.15) is 9.97 Å². The Bertz CT molecular complexity index is 803. The number of carbonyl (C=O) groups is 1. The van der Waals surface area contributed by atoms with Gasteiger partial charge in [0.05, 0.1) is 0 Å². The van der Waals surface area contributed by atoms with Crippen molar-refractivity contribution in [1.82, 2.24) is 19.5 Å². The standard InChI is InChI=1S/C13H10ClN5O2/c14-13-17-11(15)10-12(18-13)19(7-16-10)9(20)6-21-8-4-2-1-3-5-8/h1-5,7H,6H2,(H2,15,17,18). The monoisotopic (exact) mass is 303 g/mol. The smallest absolute Gasteiger partial charge is 0.271 e. The van der Waals surface area contributed by atoms with Crippen LogP contribution in [0.5, 0.6) is 5.75 Å². The molecule has 0 fully saturated rings. The zero-order valence-electron chi connectivity index (χ0n) is 10.7. The maximum atomic E-state index is 12.2. The van der Waals surface area contributed by atoms with Gasteiger partial charge in [-0.25, -0.2) is 9.55 Å². The van der Waals surface area contributed by atoms with Crippen molar-refractivity contribution in [3.8, 4) is 5.75 Å². The van der Waals surface area contributed by atoms with Crippen molar-refractivity contribution in [3.63, 3.8) is 0 Å². The normalized spacial score (nSPS) is 10.7. The minimum absolute atomic E-state index is 0.0430. The number of aromatic nitrogens is 4. The van der Waals surface area contributed by atoms with Gasteiger partial charge in [-0.15, -0.1) is 0 Å². The summed E-state index contributed by atoms with van der Waals surface area (Å²) in [5.41, 5.74) is 6.27. The van der Waals surface area contributed by atoms with Crippen LogP contribution in [0.2, 0.25) is 5.28 Å². The van der Waals surface area contributed by atoms with E-state index in [1.807, 2.05) is 18.2 Å². The number of halogens is 1. The molecule has 0 unspecified atom stereocenters. The molecule has 0 atom stereocenters. The van der Waals surface area contributed by atoms with E-state index in [1.165, 1.54) is 10.9 Å². The molecule has 0 aliphatic carbocycles. The summed E-state index contributed by atoms with van der Waals surface area (Å²) in [5, 5.41) is -0.0430. The van der Waals surface area contributed by atoms with Crippen molar-refractivity contribution in [2.75, 3.05) is 12.3 Å². The quantitative estimate of drug-likeness (QED) is 0.741. The Morgan fingerprint density at radius 2 is 2.05 bits per heavy atom. The van der Waals surface area contributed by atoms with Gasteiger partial charge in [0.15, 0.2) is 23.6 Å². The zero-order valence-corrected chi connectivity index (χ0v) is 11.5. The van der Waals surface area contributed by atoms with Gasteiger partial charge in [0, 0.05) is 0 Å². The largest absolute Gasteiger partial charge is 0.484 e. The van der Waals surface area contributed by atoms with E-state index in [0.29, 0.717) is 11.3 Å². The fourth-order valence-electron chi connectivity index (χ4n) is 1.81. The molecule has 21 heavy (non-hydrogen) atoms. The highest BCUT2D eigenvalue weighted by atomic mass is 35.5. The SMILES string of the molecule is Nc1nc(Cl)nc2c1ncn2C(=O)COc1ccccc1. The molecule has 0 aliphatic heterocycles. The van der Waals surface area contributed by atoms with Gasteiger partial charge >= 0.3 is 0 Å². The van der Waals surface area contributed by atoms with Crippen molar-refractivity contribution in [3.05, 3.63) is 41.9 Å². The van der Waals surface area contributed by atoms with E-state index in [-0.39, 0.29) is 29.3 Å². The van der Waals surface area contributed by atoms with Crippen LogP contribution in [-0.2, 0) is 0 Å². The van der Waals surface area contributed by atoms with E-state index in [9.17, 15) is 4.79 Å². The average Bonchev–Trinajstić information content (AvgIpc) is 2.90. The van der Waals surface area contributed by atoms with Crippen LogP contribution in [0.1, 0.15) is 4.79 Å². The number of rotatable bonds is 3. The Kier molecular flexibility index (Phi) is 3.41. The Morgan fingerprint density at radius 1 is 1.29 bits per heavy atom. The van der Waals surface area contributed by atoms with E-state index < -0.39 is 0 Å². The second-order valence-electron chi connectivity index (χ2n) is 4.16. The van der Waals surface area contributed by atoms with E-state index in [4.69, 9.17) is 22.1 Å². The van der Waals surface area contributed by atoms with E-state index >= 15 is 0 Å². The number of anilines is 1. The lowest BCUT2D eigenvalue weighted by Crippen LogP contribution is -2.19. The molecule has 2 N–H and O–H groups in total. The molecular weight excluding hydrogens is 294 g/mol. The van der Waals surface area contributed by atoms with Crippen LogP contribution >= 0.6 is 11.6 Å². The summed E-state index contributed by atoms with van der Waals surface area (Å²) < 4.78 is 6.63. The molecule has 0 saturated carbocycles. The third-order valence-corrected chi connectivity index (χ3v) is 2.94. The minimum Gasteiger partial charge on any atom is -0.484 e. The number of carbonyl (C=O) groups excluding carboxylic acids is 1. The van der Waals surface area contributed by atoms with Crippen molar-refractivity contribution in [2.24, 2.45) is 0 Å². The highest BCUT2D eigenvalue weighted by Crippen LogP contribution is 2.18. The predicted molar refractivity (Wildman–Crippen MR) is 77.3 cm³/mol. The number of hydrogen-bond donors (Lipinski definition) is 1. The molecule has 3 rings (SSSR count). The summed E-state index contributed by atoms with van der Waals surface area (Å²) >= 11 is 5.74. The lowest BCUT2D eigenvalue weighted by molar-refractivity contribution is 0.0842. The van der Waals surface area contributed by atoms with Crippen molar-refractivity contribution in [1.29, 1.82) is 0 Å². The van der Waals surface area contributed by atoms with Crippen LogP contribution in [0.15, 0.2) is 36.7 Å². The van der Waals surface area contributed by atoms with Crippen molar-refractivity contribution >= 4 is 34.5 Å². The number of fused-ring (bicyclic) bond motifs is 1. The van der Waals surface area contributed by atoms with Gasteiger partial charge in [-0.3, -0.25) is 4.79 Å². The molecule has 106 valence electrons. The molecule has 8 heteroatoms. The molecule has 0 amide bonds. The molecule has 0 saturated heterocycles. The first-order valence-electron chi connectivity index (χ1n) is 6.02. The molecule has 1 aromatic carbocycles. The summed E-state index contributed by atoms with van der Waals surface area (Å²) in [6, 6.07) is 9.02. The number of imidazole rings is 1. The van der Waals surface area contributed by atoms with Gasteiger partial charge in [-0.1, -0.05) is 18.2 Å². The van der Waals surface area contributed by atoms with Gasteiger partial charge in [0.2, 0.25) is 5.28 Å². The molecular formula is C13H10ClN5O2. The number of hydrogen-bond acceptors (Lipinski definition) is 6. The summed E-state index contributed by atoms with van der Waals surface area (Å²) in [6.07, 6.45) is 1.32. The highest BCUT2D eigenvalue weighted by molar-refractivity contribution is 6.28. The fourth-order valence-corrected chi connectivity index (χ4v) is 1.98. The van der Waals surface area contributed by atoms with Crippen LogP contribution in [-0.4, -0.2) is 32.0 Å². The number of nitrogens with zero attached hydrogens (tertiary/aromatic N) is 4. The zero-order chi connectivity index (χ0) is 14.8. The molecule has 3 aromatic rings. The van der Waals surface area contributed by atoms with Crippen LogP contribution in [0.25, 0.3) is 11.2 Å². The van der Waals surface area contributed by atoms with Gasteiger partial charge in [0.1, 0.15) is 12.1 Å². The Hall–Kier alpha value is -2.67. The van der Waals surface area contributed by atoms with E-state index in [0.717, 1.165) is 0 Å². The number of ether oxygens (including phenoxy) is 1. The number of benzene rings is 1. The summed E-state index contributed by atoms with van der Waals surface area (Å²) in [6.45, 7) is -0.156. The van der Waals surface area contributed by atoms with Gasteiger partial charge in [-0.05, 0) is 23.7 Å². The molecule has 0 spiro atoms. The molecule has 0 bridgehead atoms. The number of nitrogens with two attached hydrogens (primary N) is 1. The van der Waals surface area contributed by atoms with Crippen molar-refractivity contribution < 1.29 is 9.53 Å². The molecule has 7 nitrogen and oxygen atoms in total. The Labute approximate surface area is 124 Å². The molecule has 0 aliphatic rings. The number of nitrogen functional groups attached to an aromatic ring is 1. The van der Waals surface area contributed by atoms with E-state index in [2.05, 4.69) is 15.0 Å². The Morgan fingerprint density at radius 3 is 2.81 bits per heavy atom. The van der Waals surface area contributed by atoms with E-state index in [1.54, 1.807) is 12.1 Å². The van der Waals surface area contributed by atoms with Crippen LogP contribution in [0.3, 0.4) is 0 Å².